The van der Waals surface area contributed by atoms with Gasteiger partial charge in [0.2, 0.25) is 0 Å². The third-order valence-corrected chi connectivity index (χ3v) is 2.00. The fraction of sp³-hybridized carbons (Fsp3) is 0.364. The summed E-state index contributed by atoms with van der Waals surface area (Å²) in [5, 5.41) is 7.60. The second-order valence-corrected chi connectivity index (χ2v) is 3.16. The highest BCUT2D eigenvalue weighted by Crippen LogP contribution is 2.22. The predicted octanol–water partition coefficient (Wildman–Crippen LogP) is 1.04. The summed E-state index contributed by atoms with van der Waals surface area (Å²) in [4.78, 5) is 9.24. The van der Waals surface area contributed by atoms with E-state index >= 15 is 0 Å². The number of ether oxygens (including phenoxy) is 1. The minimum atomic E-state index is -0.968. The van der Waals surface area contributed by atoms with E-state index in [1.807, 2.05) is 12.1 Å². The second-order valence-electron chi connectivity index (χ2n) is 3.16. The maximum atomic E-state index is 9.24. The zero-order valence-electron chi connectivity index (χ0n) is 8.48. The van der Waals surface area contributed by atoms with Crippen molar-refractivity contribution >= 4 is 5.97 Å². The van der Waals surface area contributed by atoms with E-state index in [4.69, 9.17) is 9.84 Å². The Bertz CT molecular complexity index is 300. The summed E-state index contributed by atoms with van der Waals surface area (Å²) in [6.45, 7) is 0.608. The molecule has 0 amide bonds. The number of nitrogens with two attached hydrogens (primary N) is 1. The largest absolute Gasteiger partial charge is 0.493 e. The zero-order valence-corrected chi connectivity index (χ0v) is 8.48. The van der Waals surface area contributed by atoms with E-state index in [9.17, 15) is 4.79 Å². The lowest BCUT2D eigenvalue weighted by Crippen LogP contribution is -2.10. The Morgan fingerprint density at radius 3 is 2.73 bits per heavy atom. The molecule has 3 N–H and O–H groups in total. The summed E-state index contributed by atoms with van der Waals surface area (Å²) in [6, 6.07) is 8.25. The number of fused-ring (bicyclic) bond motifs is 1. The van der Waals surface area contributed by atoms with E-state index in [1.165, 1.54) is 12.0 Å². The second kappa shape index (κ2) is 6.03. The third kappa shape index (κ3) is 3.99. The monoisotopic (exact) mass is 209 g/mol. The number of rotatable bonds is 1. The molecule has 0 atom stereocenters. The summed E-state index contributed by atoms with van der Waals surface area (Å²) in [6.07, 6.45) is 2.34. The van der Waals surface area contributed by atoms with Gasteiger partial charge in [-0.25, -0.2) is 0 Å². The van der Waals surface area contributed by atoms with Gasteiger partial charge in [0.25, 0.3) is 0 Å². The van der Waals surface area contributed by atoms with Crippen LogP contribution in [0, 0.1) is 0 Å². The van der Waals surface area contributed by atoms with Crippen molar-refractivity contribution in [1.29, 1.82) is 0 Å². The number of hydrogen-bond acceptors (Lipinski definition) is 3. The molecule has 0 bridgehead atoms. The molecule has 2 rings (SSSR count). The van der Waals surface area contributed by atoms with Gasteiger partial charge in [-0.15, -0.1) is 0 Å². The number of carbonyl (C=O) groups is 1. The summed E-state index contributed by atoms with van der Waals surface area (Å²) < 4.78 is 5.42. The summed E-state index contributed by atoms with van der Waals surface area (Å²) in [5.41, 5.74) is 5.93. The molecule has 0 spiro atoms. The number of hydrogen-bond donors (Lipinski definition) is 2. The first-order chi connectivity index (χ1) is 7.24. The fourth-order valence-corrected chi connectivity index (χ4v) is 1.30. The highest BCUT2D eigenvalue weighted by Gasteiger charge is 2.06. The van der Waals surface area contributed by atoms with Crippen LogP contribution >= 0.6 is 0 Å². The smallest absolute Gasteiger partial charge is 0.317 e. The molecule has 0 aromatic heterocycles. The lowest BCUT2D eigenvalue weighted by atomic mass is 10.1. The SMILES string of the molecule is NCC(=O)O.c1ccc2c(c1)CCCO2. The molecule has 0 saturated carbocycles. The Hall–Kier alpha value is -1.55. The van der Waals surface area contributed by atoms with Crippen LogP contribution in [0.1, 0.15) is 12.0 Å². The van der Waals surface area contributed by atoms with Gasteiger partial charge in [-0.05, 0) is 24.5 Å². The van der Waals surface area contributed by atoms with E-state index < -0.39 is 5.97 Å². The van der Waals surface area contributed by atoms with Crippen molar-refractivity contribution in [3.63, 3.8) is 0 Å². The van der Waals surface area contributed by atoms with Crippen molar-refractivity contribution in [1.82, 2.24) is 0 Å². The molecule has 15 heavy (non-hydrogen) atoms. The molecular weight excluding hydrogens is 194 g/mol. The van der Waals surface area contributed by atoms with Gasteiger partial charge in [-0.3, -0.25) is 4.79 Å². The van der Waals surface area contributed by atoms with Crippen molar-refractivity contribution in [2.24, 2.45) is 5.73 Å². The van der Waals surface area contributed by atoms with Gasteiger partial charge in [-0.2, -0.15) is 0 Å². The lowest BCUT2D eigenvalue weighted by molar-refractivity contribution is -0.135. The van der Waals surface area contributed by atoms with Gasteiger partial charge in [-0.1, -0.05) is 18.2 Å². The molecule has 1 heterocycles. The van der Waals surface area contributed by atoms with Gasteiger partial charge >= 0.3 is 5.97 Å². The number of benzene rings is 1. The normalized spacial score (nSPS) is 12.9. The van der Waals surface area contributed by atoms with E-state index in [1.54, 1.807) is 0 Å². The molecule has 0 aliphatic carbocycles. The van der Waals surface area contributed by atoms with E-state index in [2.05, 4.69) is 17.9 Å². The van der Waals surface area contributed by atoms with Crippen LogP contribution in [0.2, 0.25) is 0 Å². The Morgan fingerprint density at radius 2 is 2.13 bits per heavy atom. The molecule has 82 valence electrons. The summed E-state index contributed by atoms with van der Waals surface area (Å²) in [7, 11) is 0. The number of aryl methyl sites for hydroxylation is 1. The Labute approximate surface area is 88.7 Å². The summed E-state index contributed by atoms with van der Waals surface area (Å²) in [5.74, 6) is 0.110. The van der Waals surface area contributed by atoms with Crippen LogP contribution in [-0.2, 0) is 11.2 Å². The van der Waals surface area contributed by atoms with Crippen molar-refractivity contribution in [2.45, 2.75) is 12.8 Å². The van der Waals surface area contributed by atoms with Crippen molar-refractivity contribution in [3.8, 4) is 5.75 Å². The number of para-hydroxylation sites is 1. The quantitative estimate of drug-likeness (QED) is 0.724. The number of carboxylic acids is 1. The molecule has 1 aromatic rings. The minimum absolute atomic E-state index is 0.278. The van der Waals surface area contributed by atoms with Crippen LogP contribution in [-0.4, -0.2) is 24.2 Å². The predicted molar refractivity (Wildman–Crippen MR) is 56.9 cm³/mol. The van der Waals surface area contributed by atoms with Crippen LogP contribution in [0.5, 0.6) is 5.75 Å². The van der Waals surface area contributed by atoms with E-state index in [0.717, 1.165) is 18.8 Å². The third-order valence-electron chi connectivity index (χ3n) is 2.00. The highest BCUT2D eigenvalue weighted by atomic mass is 16.5. The maximum absolute atomic E-state index is 9.24. The number of aliphatic carboxylic acids is 1. The molecule has 4 nitrogen and oxygen atoms in total. The first-order valence-electron chi connectivity index (χ1n) is 4.86. The Morgan fingerprint density at radius 1 is 1.47 bits per heavy atom. The molecule has 0 unspecified atom stereocenters. The average Bonchev–Trinajstić information content (AvgIpc) is 2.30. The number of carboxylic acid groups (broad SMARTS) is 1. The van der Waals surface area contributed by atoms with Crippen LogP contribution in [0.4, 0.5) is 0 Å². The van der Waals surface area contributed by atoms with Crippen LogP contribution in [0.3, 0.4) is 0 Å². The molecule has 1 aliphatic rings. The van der Waals surface area contributed by atoms with Crippen molar-refractivity contribution in [3.05, 3.63) is 29.8 Å². The lowest BCUT2D eigenvalue weighted by Gasteiger charge is -2.15. The standard InChI is InChI=1S/C9H10O.C2H5NO2/c1-2-6-9-8(4-1)5-3-7-10-9;3-1-2(4)5/h1-2,4,6H,3,5,7H2;1,3H2,(H,4,5). The van der Waals surface area contributed by atoms with Crippen molar-refractivity contribution in [2.75, 3.05) is 13.2 Å². The molecule has 1 aromatic carbocycles. The van der Waals surface area contributed by atoms with Gasteiger partial charge in [0.1, 0.15) is 5.75 Å². The van der Waals surface area contributed by atoms with Crippen LogP contribution < -0.4 is 10.5 Å². The van der Waals surface area contributed by atoms with E-state index in [-0.39, 0.29) is 6.54 Å². The highest BCUT2D eigenvalue weighted by molar-refractivity contribution is 5.68. The molecule has 1 aliphatic heterocycles. The van der Waals surface area contributed by atoms with Gasteiger partial charge in [0, 0.05) is 0 Å². The molecule has 0 saturated heterocycles. The van der Waals surface area contributed by atoms with Crippen molar-refractivity contribution < 1.29 is 14.6 Å². The van der Waals surface area contributed by atoms with Gasteiger partial charge in [0.05, 0.1) is 13.2 Å². The van der Waals surface area contributed by atoms with E-state index in [0.29, 0.717) is 0 Å². The average molecular weight is 209 g/mol. The zero-order chi connectivity index (χ0) is 11.1. The topological polar surface area (TPSA) is 72.6 Å². The minimum Gasteiger partial charge on any atom is -0.493 e. The van der Waals surface area contributed by atoms with Gasteiger partial charge in [0.15, 0.2) is 0 Å². The first-order valence-corrected chi connectivity index (χ1v) is 4.86. The maximum Gasteiger partial charge on any atom is 0.317 e. The molecular formula is C11H15NO3. The van der Waals surface area contributed by atoms with Crippen LogP contribution in [0.25, 0.3) is 0 Å². The Balaban J connectivity index is 0.000000195. The Kier molecular flexibility index (Phi) is 4.63. The fourth-order valence-electron chi connectivity index (χ4n) is 1.30. The first kappa shape index (κ1) is 11.5. The van der Waals surface area contributed by atoms with Gasteiger partial charge < -0.3 is 15.6 Å². The molecule has 0 radical (unpaired) electrons. The molecule has 4 heteroatoms. The molecule has 0 fully saturated rings. The summed E-state index contributed by atoms with van der Waals surface area (Å²) >= 11 is 0. The van der Waals surface area contributed by atoms with Crippen LogP contribution in [0.15, 0.2) is 24.3 Å².